The lowest BCUT2D eigenvalue weighted by atomic mass is 10.1. The first-order chi connectivity index (χ1) is 9.38. The number of anilines is 1. The van der Waals surface area contributed by atoms with Crippen LogP contribution in [0.1, 0.15) is 28.2 Å². The van der Waals surface area contributed by atoms with E-state index in [2.05, 4.69) is 5.32 Å². The molecule has 0 aliphatic heterocycles. The Morgan fingerprint density at radius 3 is 2.65 bits per heavy atom. The molecule has 1 aromatic carbocycles. The Balaban J connectivity index is 2.18. The van der Waals surface area contributed by atoms with Gasteiger partial charge in [-0.05, 0) is 25.1 Å². The van der Waals surface area contributed by atoms with Crippen molar-refractivity contribution < 1.29 is 13.6 Å². The molecule has 1 heterocycles. The van der Waals surface area contributed by atoms with Gasteiger partial charge in [0.15, 0.2) is 0 Å². The molecule has 1 unspecified atom stereocenters. The second-order valence-corrected chi connectivity index (χ2v) is 5.94. The molecule has 1 aromatic heterocycles. The summed E-state index contributed by atoms with van der Waals surface area (Å²) in [6.45, 7) is 1.74. The average Bonchev–Trinajstić information content (AvgIpc) is 2.80. The maximum atomic E-state index is 13.6. The molecular formula is C13H11ClF2N2OS. The quantitative estimate of drug-likeness (QED) is 0.847. The third-order valence-electron chi connectivity index (χ3n) is 2.70. The van der Waals surface area contributed by atoms with Gasteiger partial charge in [0.1, 0.15) is 11.6 Å². The highest BCUT2D eigenvalue weighted by atomic mass is 35.5. The van der Waals surface area contributed by atoms with Crippen molar-refractivity contribution in [3.05, 3.63) is 50.7 Å². The van der Waals surface area contributed by atoms with Crippen LogP contribution >= 0.6 is 22.9 Å². The summed E-state index contributed by atoms with van der Waals surface area (Å²) in [5, 5.41) is 2.61. The summed E-state index contributed by atoms with van der Waals surface area (Å²) in [6, 6.07) is 4.71. The number of nitrogen functional groups attached to an aromatic ring is 1. The van der Waals surface area contributed by atoms with Crippen LogP contribution in [0.5, 0.6) is 0 Å². The van der Waals surface area contributed by atoms with Crippen molar-refractivity contribution in [1.29, 1.82) is 0 Å². The van der Waals surface area contributed by atoms with E-state index in [9.17, 15) is 13.6 Å². The van der Waals surface area contributed by atoms with Crippen LogP contribution in [0.25, 0.3) is 0 Å². The van der Waals surface area contributed by atoms with Gasteiger partial charge in [0.05, 0.1) is 21.6 Å². The van der Waals surface area contributed by atoms with Gasteiger partial charge in [-0.1, -0.05) is 11.6 Å². The van der Waals surface area contributed by atoms with Gasteiger partial charge >= 0.3 is 0 Å². The number of hydrogen-bond donors (Lipinski definition) is 2. The number of carbonyl (C=O) groups is 1. The van der Waals surface area contributed by atoms with Gasteiger partial charge in [-0.2, -0.15) is 0 Å². The predicted molar refractivity (Wildman–Crippen MR) is 76.0 cm³/mol. The van der Waals surface area contributed by atoms with E-state index < -0.39 is 17.5 Å². The molecule has 1 atom stereocenters. The lowest BCUT2D eigenvalue weighted by Crippen LogP contribution is -2.27. The third-order valence-corrected chi connectivity index (χ3v) is 4.11. The van der Waals surface area contributed by atoms with Crippen LogP contribution in [0.2, 0.25) is 4.34 Å². The Morgan fingerprint density at radius 1 is 1.35 bits per heavy atom. The van der Waals surface area contributed by atoms with Crippen LogP contribution in [-0.2, 0) is 0 Å². The summed E-state index contributed by atoms with van der Waals surface area (Å²) >= 11 is 7.12. The number of amides is 1. The highest BCUT2D eigenvalue weighted by molar-refractivity contribution is 7.16. The van der Waals surface area contributed by atoms with Gasteiger partial charge in [-0.25, -0.2) is 8.78 Å². The van der Waals surface area contributed by atoms with E-state index in [1.165, 1.54) is 11.3 Å². The number of nitrogens with one attached hydrogen (secondary N) is 1. The largest absolute Gasteiger partial charge is 0.396 e. The van der Waals surface area contributed by atoms with Gasteiger partial charge in [-0.3, -0.25) is 4.79 Å². The standard InChI is InChI=1S/C13H11ClF2N2OS/c1-6(11-2-3-12(14)20-11)18-13(19)7-4-10(17)9(16)5-8(7)15/h2-6H,17H2,1H3,(H,18,19). The Morgan fingerprint density at radius 2 is 2.05 bits per heavy atom. The minimum atomic E-state index is -0.953. The zero-order valence-corrected chi connectivity index (χ0v) is 12.0. The van der Waals surface area contributed by atoms with Crippen molar-refractivity contribution in [2.24, 2.45) is 0 Å². The zero-order chi connectivity index (χ0) is 14.9. The second kappa shape index (κ2) is 5.76. The minimum absolute atomic E-state index is 0.275. The molecule has 3 nitrogen and oxygen atoms in total. The minimum Gasteiger partial charge on any atom is -0.396 e. The molecule has 106 valence electrons. The maximum absolute atomic E-state index is 13.6. The predicted octanol–water partition coefficient (Wildman–Crippen LogP) is 3.75. The number of hydrogen-bond acceptors (Lipinski definition) is 3. The summed E-state index contributed by atoms with van der Waals surface area (Å²) in [4.78, 5) is 12.8. The second-order valence-electron chi connectivity index (χ2n) is 4.19. The number of rotatable bonds is 3. The van der Waals surface area contributed by atoms with E-state index in [-0.39, 0.29) is 17.3 Å². The molecule has 1 amide bonds. The Bertz CT molecular complexity index is 660. The van der Waals surface area contributed by atoms with E-state index in [4.69, 9.17) is 17.3 Å². The van der Waals surface area contributed by atoms with Gasteiger partial charge in [0, 0.05) is 10.9 Å². The fraction of sp³-hybridized carbons (Fsp3) is 0.154. The third kappa shape index (κ3) is 3.08. The lowest BCUT2D eigenvalue weighted by Gasteiger charge is -2.13. The van der Waals surface area contributed by atoms with Crippen LogP contribution < -0.4 is 11.1 Å². The number of benzene rings is 1. The summed E-state index contributed by atoms with van der Waals surface area (Å²) in [7, 11) is 0. The molecular weight excluding hydrogens is 306 g/mol. The summed E-state index contributed by atoms with van der Waals surface area (Å²) < 4.78 is 27.2. The number of thiophene rings is 1. The molecule has 3 N–H and O–H groups in total. The summed E-state index contributed by atoms with van der Waals surface area (Å²) in [6.07, 6.45) is 0. The Labute approximate surface area is 123 Å². The van der Waals surface area contributed by atoms with Crippen molar-refractivity contribution in [3.63, 3.8) is 0 Å². The van der Waals surface area contributed by atoms with Gasteiger partial charge in [0.2, 0.25) is 0 Å². The molecule has 0 aliphatic carbocycles. The van der Waals surface area contributed by atoms with Crippen molar-refractivity contribution >= 4 is 34.5 Å². The molecule has 2 rings (SSSR count). The molecule has 0 aliphatic rings. The first-order valence-electron chi connectivity index (χ1n) is 5.69. The highest BCUT2D eigenvalue weighted by Crippen LogP contribution is 2.27. The molecule has 0 radical (unpaired) electrons. The molecule has 20 heavy (non-hydrogen) atoms. The summed E-state index contributed by atoms with van der Waals surface area (Å²) in [5.41, 5.74) is 4.77. The van der Waals surface area contributed by atoms with E-state index >= 15 is 0 Å². The van der Waals surface area contributed by atoms with Crippen molar-refractivity contribution in [2.75, 3.05) is 5.73 Å². The van der Waals surface area contributed by atoms with E-state index in [0.717, 1.165) is 10.9 Å². The summed E-state index contributed by atoms with van der Waals surface area (Å²) in [5.74, 6) is -2.51. The fourth-order valence-electron chi connectivity index (χ4n) is 1.65. The topological polar surface area (TPSA) is 55.1 Å². The van der Waals surface area contributed by atoms with Crippen LogP contribution in [-0.4, -0.2) is 5.91 Å². The molecule has 0 fully saturated rings. The Kier molecular flexibility index (Phi) is 4.25. The normalized spacial score (nSPS) is 12.2. The van der Waals surface area contributed by atoms with Crippen LogP contribution in [0.3, 0.4) is 0 Å². The molecule has 0 spiro atoms. The highest BCUT2D eigenvalue weighted by Gasteiger charge is 2.18. The van der Waals surface area contributed by atoms with Crippen molar-refractivity contribution in [2.45, 2.75) is 13.0 Å². The lowest BCUT2D eigenvalue weighted by molar-refractivity contribution is 0.0936. The molecule has 2 aromatic rings. The fourth-order valence-corrected chi connectivity index (χ4v) is 2.71. The van der Waals surface area contributed by atoms with Gasteiger partial charge in [0.25, 0.3) is 5.91 Å². The van der Waals surface area contributed by atoms with Gasteiger partial charge in [-0.15, -0.1) is 11.3 Å². The smallest absolute Gasteiger partial charge is 0.254 e. The van der Waals surface area contributed by atoms with Crippen molar-refractivity contribution in [3.8, 4) is 0 Å². The van der Waals surface area contributed by atoms with Crippen LogP contribution in [0.15, 0.2) is 24.3 Å². The average molecular weight is 317 g/mol. The number of carbonyl (C=O) groups excluding carboxylic acids is 1. The first-order valence-corrected chi connectivity index (χ1v) is 6.88. The molecule has 0 saturated carbocycles. The van der Waals surface area contributed by atoms with E-state index in [1.54, 1.807) is 19.1 Å². The molecule has 7 heteroatoms. The van der Waals surface area contributed by atoms with Gasteiger partial charge < -0.3 is 11.1 Å². The molecule has 0 saturated heterocycles. The number of nitrogens with two attached hydrogens (primary N) is 1. The first kappa shape index (κ1) is 14.7. The molecule has 0 bridgehead atoms. The van der Waals surface area contributed by atoms with Crippen molar-refractivity contribution in [1.82, 2.24) is 5.32 Å². The van der Waals surface area contributed by atoms with E-state index in [1.807, 2.05) is 0 Å². The Hall–Kier alpha value is -1.66. The maximum Gasteiger partial charge on any atom is 0.254 e. The van der Waals surface area contributed by atoms with Crippen LogP contribution in [0, 0.1) is 11.6 Å². The van der Waals surface area contributed by atoms with Crippen LogP contribution in [0.4, 0.5) is 14.5 Å². The monoisotopic (exact) mass is 316 g/mol. The zero-order valence-electron chi connectivity index (χ0n) is 10.4. The van der Waals surface area contributed by atoms with E-state index in [0.29, 0.717) is 10.4 Å². The SMILES string of the molecule is CC(NC(=O)c1cc(N)c(F)cc1F)c1ccc(Cl)s1. The number of halogens is 3.